The Morgan fingerprint density at radius 1 is 0.800 bits per heavy atom. The van der Waals surface area contributed by atoms with Crippen molar-refractivity contribution in [2.24, 2.45) is 4.99 Å². The van der Waals surface area contributed by atoms with Gasteiger partial charge in [0.2, 0.25) is 5.90 Å². The van der Waals surface area contributed by atoms with Crippen LogP contribution in [-0.2, 0) is 0 Å². The molecule has 0 N–H and O–H groups in total. The standard InChI is InChI=1S/C25H25NO4/c1-18-12-14-20(15-13-18)26-25(30-22-9-7-8-21(16-22)27-3)19(2)17-29-24-11-6-5-10-23(24)28-4/h5-17H,1-4H3/b19-17+,26-25-. The van der Waals surface area contributed by atoms with Crippen LogP contribution in [0.5, 0.6) is 23.0 Å². The largest absolute Gasteiger partial charge is 0.497 e. The molecule has 0 saturated carbocycles. The van der Waals surface area contributed by atoms with Crippen LogP contribution >= 0.6 is 0 Å². The molecular formula is C25H25NO4. The van der Waals surface area contributed by atoms with Crippen LogP contribution in [0.15, 0.2) is 89.6 Å². The number of benzene rings is 3. The smallest absolute Gasteiger partial charge is 0.225 e. The second kappa shape index (κ2) is 10.2. The van der Waals surface area contributed by atoms with Crippen molar-refractivity contribution in [3.63, 3.8) is 0 Å². The quantitative estimate of drug-likeness (QED) is 0.271. The van der Waals surface area contributed by atoms with Crippen LogP contribution in [0.1, 0.15) is 12.5 Å². The van der Waals surface area contributed by atoms with E-state index in [4.69, 9.17) is 18.9 Å². The third-order valence-corrected chi connectivity index (χ3v) is 4.29. The zero-order chi connectivity index (χ0) is 21.3. The van der Waals surface area contributed by atoms with Gasteiger partial charge >= 0.3 is 0 Å². The number of aryl methyl sites for hydroxylation is 1. The van der Waals surface area contributed by atoms with Gasteiger partial charge in [0.15, 0.2) is 11.5 Å². The number of para-hydroxylation sites is 2. The highest BCUT2D eigenvalue weighted by Gasteiger charge is 2.10. The zero-order valence-corrected chi connectivity index (χ0v) is 17.6. The summed E-state index contributed by atoms with van der Waals surface area (Å²) < 4.78 is 22.5. The molecule has 3 aromatic carbocycles. The fourth-order valence-corrected chi connectivity index (χ4v) is 2.62. The molecule has 0 fully saturated rings. The third-order valence-electron chi connectivity index (χ3n) is 4.29. The fraction of sp³-hybridized carbons (Fsp3) is 0.160. The average Bonchev–Trinajstić information content (AvgIpc) is 2.78. The van der Waals surface area contributed by atoms with Crippen molar-refractivity contribution in [2.75, 3.05) is 14.2 Å². The van der Waals surface area contributed by atoms with Crippen molar-refractivity contribution in [1.29, 1.82) is 0 Å². The van der Waals surface area contributed by atoms with Gasteiger partial charge in [0.1, 0.15) is 11.5 Å². The first kappa shape index (κ1) is 21.0. The lowest BCUT2D eigenvalue weighted by Crippen LogP contribution is -2.11. The molecule has 3 rings (SSSR count). The van der Waals surface area contributed by atoms with E-state index in [2.05, 4.69) is 4.99 Å². The first-order valence-corrected chi connectivity index (χ1v) is 9.53. The molecule has 0 amide bonds. The number of rotatable bonds is 7. The van der Waals surface area contributed by atoms with Crippen molar-refractivity contribution >= 4 is 11.6 Å². The Morgan fingerprint density at radius 3 is 2.20 bits per heavy atom. The number of methoxy groups -OCH3 is 2. The zero-order valence-electron chi connectivity index (χ0n) is 17.6. The molecule has 5 nitrogen and oxygen atoms in total. The van der Waals surface area contributed by atoms with Gasteiger partial charge in [-0.25, -0.2) is 4.99 Å². The van der Waals surface area contributed by atoms with E-state index in [-0.39, 0.29) is 0 Å². The summed E-state index contributed by atoms with van der Waals surface area (Å²) in [6.07, 6.45) is 1.60. The molecule has 0 saturated heterocycles. The van der Waals surface area contributed by atoms with Gasteiger partial charge in [0.05, 0.1) is 26.2 Å². The van der Waals surface area contributed by atoms with E-state index in [1.807, 2.05) is 80.6 Å². The van der Waals surface area contributed by atoms with Crippen molar-refractivity contribution in [1.82, 2.24) is 0 Å². The van der Waals surface area contributed by atoms with Gasteiger partial charge in [-0.1, -0.05) is 35.9 Å². The van der Waals surface area contributed by atoms with Gasteiger partial charge in [-0.3, -0.25) is 0 Å². The summed E-state index contributed by atoms with van der Waals surface area (Å²) in [5, 5.41) is 0. The molecule has 3 aromatic rings. The van der Waals surface area contributed by atoms with Crippen LogP contribution < -0.4 is 18.9 Å². The maximum atomic E-state index is 6.09. The van der Waals surface area contributed by atoms with Gasteiger partial charge in [0.25, 0.3) is 0 Å². The van der Waals surface area contributed by atoms with E-state index < -0.39 is 0 Å². The lowest BCUT2D eigenvalue weighted by Gasteiger charge is -2.12. The van der Waals surface area contributed by atoms with Crippen LogP contribution in [0.2, 0.25) is 0 Å². The molecule has 0 aliphatic carbocycles. The summed E-state index contributed by atoms with van der Waals surface area (Å²) in [6, 6.07) is 22.7. The Balaban J connectivity index is 1.91. The first-order valence-electron chi connectivity index (χ1n) is 9.53. The SMILES string of the molecule is COc1cccc(OC(=N\c2ccc(C)cc2)/C(C)=C/Oc2ccccc2OC)c1. The van der Waals surface area contributed by atoms with E-state index in [0.29, 0.717) is 34.5 Å². The van der Waals surface area contributed by atoms with Crippen molar-refractivity contribution in [3.05, 3.63) is 90.2 Å². The van der Waals surface area contributed by atoms with Crippen LogP contribution in [0.4, 0.5) is 5.69 Å². The van der Waals surface area contributed by atoms with E-state index in [1.54, 1.807) is 26.5 Å². The highest BCUT2D eigenvalue weighted by molar-refractivity contribution is 5.96. The molecule has 0 radical (unpaired) electrons. The third kappa shape index (κ3) is 5.64. The molecule has 0 aromatic heterocycles. The molecule has 0 heterocycles. The maximum Gasteiger partial charge on any atom is 0.225 e. The van der Waals surface area contributed by atoms with Crippen molar-refractivity contribution in [3.8, 4) is 23.0 Å². The highest BCUT2D eigenvalue weighted by Crippen LogP contribution is 2.27. The Kier molecular flexibility index (Phi) is 7.11. The highest BCUT2D eigenvalue weighted by atomic mass is 16.5. The van der Waals surface area contributed by atoms with E-state index in [0.717, 1.165) is 11.3 Å². The van der Waals surface area contributed by atoms with Gasteiger partial charge in [0, 0.05) is 11.6 Å². The molecule has 0 atom stereocenters. The molecule has 0 spiro atoms. The lowest BCUT2D eigenvalue weighted by atomic mass is 10.2. The predicted octanol–water partition coefficient (Wildman–Crippen LogP) is 6.10. The van der Waals surface area contributed by atoms with Crippen LogP contribution in [-0.4, -0.2) is 20.1 Å². The molecule has 5 heteroatoms. The molecular weight excluding hydrogens is 378 g/mol. The van der Waals surface area contributed by atoms with Crippen molar-refractivity contribution in [2.45, 2.75) is 13.8 Å². The molecule has 154 valence electrons. The molecule has 30 heavy (non-hydrogen) atoms. The van der Waals surface area contributed by atoms with Gasteiger partial charge in [-0.15, -0.1) is 0 Å². The minimum Gasteiger partial charge on any atom is -0.497 e. The van der Waals surface area contributed by atoms with Crippen LogP contribution in [0, 0.1) is 6.92 Å². The maximum absolute atomic E-state index is 6.09. The van der Waals surface area contributed by atoms with Gasteiger partial charge in [-0.05, 0) is 50.2 Å². The van der Waals surface area contributed by atoms with Crippen molar-refractivity contribution < 1.29 is 18.9 Å². The topological polar surface area (TPSA) is 49.3 Å². The summed E-state index contributed by atoms with van der Waals surface area (Å²) in [4.78, 5) is 4.68. The normalized spacial score (nSPS) is 11.7. The first-order chi connectivity index (χ1) is 14.6. The van der Waals surface area contributed by atoms with Crippen LogP contribution in [0.3, 0.4) is 0 Å². The van der Waals surface area contributed by atoms with E-state index in [9.17, 15) is 0 Å². The lowest BCUT2D eigenvalue weighted by molar-refractivity contribution is 0.377. The summed E-state index contributed by atoms with van der Waals surface area (Å²) in [7, 11) is 3.22. The van der Waals surface area contributed by atoms with E-state index >= 15 is 0 Å². The number of nitrogens with zero attached hydrogens (tertiary/aromatic N) is 1. The predicted molar refractivity (Wildman–Crippen MR) is 119 cm³/mol. The second-order valence-corrected chi connectivity index (χ2v) is 6.60. The number of ether oxygens (including phenoxy) is 4. The van der Waals surface area contributed by atoms with Gasteiger partial charge < -0.3 is 18.9 Å². The monoisotopic (exact) mass is 403 g/mol. The Labute approximate surface area is 177 Å². The fourth-order valence-electron chi connectivity index (χ4n) is 2.62. The summed E-state index contributed by atoms with van der Waals surface area (Å²) in [5.74, 6) is 2.99. The average molecular weight is 403 g/mol. The molecule has 0 bridgehead atoms. The minimum atomic E-state index is 0.419. The van der Waals surface area contributed by atoms with Crippen LogP contribution in [0.25, 0.3) is 0 Å². The second-order valence-electron chi connectivity index (χ2n) is 6.60. The summed E-state index contributed by atoms with van der Waals surface area (Å²) in [6.45, 7) is 3.91. The number of hydrogen-bond acceptors (Lipinski definition) is 5. The minimum absolute atomic E-state index is 0.419. The molecule has 0 aliphatic rings. The van der Waals surface area contributed by atoms with Gasteiger partial charge in [-0.2, -0.15) is 0 Å². The molecule has 0 aliphatic heterocycles. The Bertz CT molecular complexity index is 1040. The summed E-state index contributed by atoms with van der Waals surface area (Å²) in [5.41, 5.74) is 2.66. The summed E-state index contributed by atoms with van der Waals surface area (Å²) >= 11 is 0. The van der Waals surface area contributed by atoms with E-state index in [1.165, 1.54) is 0 Å². The number of hydrogen-bond donors (Lipinski definition) is 0. The number of aliphatic imine (C=N–C) groups is 1. The Hall–Kier alpha value is -3.73. The molecule has 0 unspecified atom stereocenters. The Morgan fingerprint density at radius 2 is 1.50 bits per heavy atom.